The molecular weight excluding hydrogens is 901 g/mol. The minimum Gasteiger partial charge on any atom is -0.325 e. The van der Waals surface area contributed by atoms with Crippen LogP contribution >= 0.6 is 0 Å². The summed E-state index contributed by atoms with van der Waals surface area (Å²) >= 11 is 0. The Kier molecular flexibility index (Phi) is 17.4. The fraction of sp³-hybridized carbons (Fsp3) is 0.419. The first-order chi connectivity index (χ1) is 17.8. The third kappa shape index (κ3) is 7.65. The van der Waals surface area contributed by atoms with Crippen LogP contribution in [0.2, 0.25) is 0 Å². The summed E-state index contributed by atoms with van der Waals surface area (Å²) in [7, 11) is 0. The van der Waals surface area contributed by atoms with Gasteiger partial charge in [-0.15, -0.1) is 22.3 Å². The first kappa shape index (κ1) is 42.0. The number of aryl methyl sites for hydroxylation is 2. The van der Waals surface area contributed by atoms with Crippen LogP contribution in [0.5, 0.6) is 0 Å². The van der Waals surface area contributed by atoms with E-state index >= 15 is 0 Å². The molecule has 3 aliphatic heterocycles. The molecule has 0 saturated heterocycles. The normalized spacial score (nSPS) is 13.6. The van der Waals surface area contributed by atoms with Gasteiger partial charge in [0.1, 0.15) is 20.0 Å². The number of fused-ring (bicyclic) bond motifs is 3. The van der Waals surface area contributed by atoms with E-state index in [-0.39, 0.29) is 169 Å². The molecule has 203 valence electrons. The minimum atomic E-state index is 0. The van der Waals surface area contributed by atoms with E-state index in [0.29, 0.717) is 20.0 Å². The molecule has 0 N–H and O–H groups in total. The zero-order valence-corrected chi connectivity index (χ0v) is 39.9. The molecule has 0 amide bonds. The van der Waals surface area contributed by atoms with E-state index in [2.05, 4.69) is 60.6 Å². The number of hydrogen-bond donors (Lipinski definition) is 0. The molecule has 3 aromatic carbocycles. The summed E-state index contributed by atoms with van der Waals surface area (Å²) in [6.45, 7) is 16.6. The Hall–Kier alpha value is 1.98. The topological polar surface area (TPSA) is 74.2 Å². The number of benzene rings is 3. The molecule has 1 atom stereocenters. The molecule has 5 radical (unpaired) electrons. The molecule has 1 unspecified atom stereocenters. The summed E-state index contributed by atoms with van der Waals surface area (Å²) in [6, 6.07) is 7.43. The van der Waals surface area contributed by atoms with Crippen molar-refractivity contribution < 1.29 is 164 Å². The summed E-state index contributed by atoms with van der Waals surface area (Å²) in [4.78, 5) is 28.6. The minimum absolute atomic E-state index is 0. The second kappa shape index (κ2) is 17.4. The summed E-state index contributed by atoms with van der Waals surface area (Å²) in [5, 5.41) is 6.15. The zero-order chi connectivity index (χ0) is 26.0. The van der Waals surface area contributed by atoms with Crippen LogP contribution in [0.4, 0.5) is 0 Å². The van der Waals surface area contributed by atoms with Crippen molar-refractivity contribution in [1.29, 1.82) is 0 Å². The van der Waals surface area contributed by atoms with Gasteiger partial charge in [-0.25, -0.2) is 0 Å². The van der Waals surface area contributed by atoms with E-state index < -0.39 is 0 Å². The Morgan fingerprint density at radius 3 is 1.52 bits per heavy atom. The first-order valence-electron chi connectivity index (χ1n) is 13.1. The predicted molar refractivity (Wildman–Crippen MR) is 142 cm³/mol. The summed E-state index contributed by atoms with van der Waals surface area (Å²) < 4.78 is 0. The number of nitrogens with zero attached hydrogens (tertiary/aromatic N) is 6. The van der Waals surface area contributed by atoms with Gasteiger partial charge in [-0.05, 0) is 83.2 Å². The van der Waals surface area contributed by atoms with Crippen LogP contribution in [0.3, 0.4) is 0 Å². The van der Waals surface area contributed by atoms with Crippen LogP contribution in [0.15, 0.2) is 30.0 Å². The van der Waals surface area contributed by atoms with Gasteiger partial charge in [-0.3, -0.25) is 20.0 Å². The zero-order valence-electron chi connectivity index (χ0n) is 25.7. The molecule has 6 rings (SSSR count). The summed E-state index contributed by atoms with van der Waals surface area (Å²) in [5.74, 6) is 0.115. The quantitative estimate of drug-likeness (QED) is 0.350. The molecular formula is C31H32N6Y5-2. The van der Waals surface area contributed by atoms with E-state index in [1.54, 1.807) is 0 Å². The van der Waals surface area contributed by atoms with Gasteiger partial charge < -0.3 is 9.98 Å². The number of hydrogen-bond acceptors (Lipinski definition) is 6. The maximum absolute atomic E-state index is 4.84. The van der Waals surface area contributed by atoms with Gasteiger partial charge in [0.25, 0.3) is 0 Å². The average Bonchev–Trinajstić information content (AvgIpc) is 3.65. The second-order valence-corrected chi connectivity index (χ2v) is 10.6. The van der Waals surface area contributed by atoms with E-state index in [0.717, 1.165) is 67.2 Å². The molecule has 0 saturated carbocycles. The molecule has 0 bridgehead atoms. The molecule has 3 aromatic rings. The Morgan fingerprint density at radius 1 is 0.476 bits per heavy atom. The molecule has 3 aliphatic rings. The van der Waals surface area contributed by atoms with Crippen molar-refractivity contribution in [3.05, 3.63) is 99.9 Å². The van der Waals surface area contributed by atoms with Gasteiger partial charge in [0.05, 0.1) is 10.7 Å². The average molecular weight is 933 g/mol. The van der Waals surface area contributed by atoms with E-state index in [4.69, 9.17) is 30.0 Å². The maximum atomic E-state index is 4.84. The van der Waals surface area contributed by atoms with E-state index in [1.165, 1.54) is 33.4 Å². The summed E-state index contributed by atoms with van der Waals surface area (Å²) in [6.07, 6.45) is 1.60. The Balaban J connectivity index is 0.00000176. The van der Waals surface area contributed by atoms with Crippen LogP contribution in [0.1, 0.15) is 61.6 Å². The largest absolute Gasteiger partial charge is 0.325 e. The Morgan fingerprint density at radius 2 is 0.929 bits per heavy atom. The molecule has 11 heteroatoms. The van der Waals surface area contributed by atoms with Crippen LogP contribution < -0.4 is 32.1 Å². The molecule has 42 heavy (non-hydrogen) atoms. The van der Waals surface area contributed by atoms with Gasteiger partial charge >= 0.3 is 0 Å². The molecule has 0 aliphatic carbocycles. The van der Waals surface area contributed by atoms with Crippen molar-refractivity contribution in [2.45, 2.75) is 67.2 Å². The van der Waals surface area contributed by atoms with Crippen molar-refractivity contribution >= 4 is 0 Å². The predicted octanol–water partition coefficient (Wildman–Crippen LogP) is 1.63. The fourth-order valence-electron chi connectivity index (χ4n) is 5.97. The SMILES string of the molecule is Cc1[c-]c(CC(Cc2c(C)c(C)c(C)c3c2=NCN=3)c2[c-]c(C)c(C)c3c2=NCN=3)c2c(c1C)=NCN=2.[Y].[Y].[Y].[Y].[Y]. The second-order valence-electron chi connectivity index (χ2n) is 10.6. The Labute approximate surface area is 374 Å². The monoisotopic (exact) mass is 933 g/mol. The smallest absolute Gasteiger partial charge is 0.130 e. The van der Waals surface area contributed by atoms with E-state index in [9.17, 15) is 0 Å². The van der Waals surface area contributed by atoms with Gasteiger partial charge in [-0.1, -0.05) is 27.7 Å². The van der Waals surface area contributed by atoms with Crippen molar-refractivity contribution in [3.63, 3.8) is 0 Å². The third-order valence-electron chi connectivity index (χ3n) is 8.61. The van der Waals surface area contributed by atoms with Crippen LogP contribution in [-0.2, 0) is 176 Å². The molecule has 0 spiro atoms. The van der Waals surface area contributed by atoms with Gasteiger partial charge in [0.2, 0.25) is 0 Å². The van der Waals surface area contributed by atoms with Crippen LogP contribution in [-0.4, -0.2) is 20.0 Å². The number of rotatable bonds is 5. The molecule has 3 heterocycles. The van der Waals surface area contributed by atoms with E-state index in [1.807, 2.05) is 0 Å². The first-order valence-corrected chi connectivity index (χ1v) is 13.1. The fourth-order valence-corrected chi connectivity index (χ4v) is 5.97. The molecule has 0 fully saturated rings. The molecule has 6 nitrogen and oxygen atoms in total. The van der Waals surface area contributed by atoms with Gasteiger partial charge in [0.15, 0.2) is 0 Å². The van der Waals surface area contributed by atoms with Crippen molar-refractivity contribution in [2.24, 2.45) is 30.0 Å². The third-order valence-corrected chi connectivity index (χ3v) is 8.61. The van der Waals surface area contributed by atoms with Crippen molar-refractivity contribution in [1.82, 2.24) is 0 Å². The van der Waals surface area contributed by atoms with Gasteiger partial charge in [-0.2, -0.15) is 23.3 Å². The Bertz CT molecular complexity index is 1900. The maximum Gasteiger partial charge on any atom is 0.130 e. The van der Waals surface area contributed by atoms with Crippen LogP contribution in [0, 0.1) is 60.6 Å². The summed E-state index contributed by atoms with van der Waals surface area (Å²) in [5.41, 5.74) is 12.0. The van der Waals surface area contributed by atoms with Crippen molar-refractivity contribution in [3.8, 4) is 0 Å². The molecule has 0 aromatic heterocycles. The van der Waals surface area contributed by atoms with Crippen molar-refractivity contribution in [2.75, 3.05) is 20.0 Å². The van der Waals surface area contributed by atoms with Crippen LogP contribution in [0.25, 0.3) is 0 Å². The van der Waals surface area contributed by atoms with Gasteiger partial charge in [0, 0.05) is 164 Å². The standard InChI is InChI=1S/C31H32N6.5Y/c1-15-8-23(29-26(17(15)3)32-12-35-29)10-22(25-9-16(2)18(4)27-31(25)37-13-33-27)11-24-20(6)19(5)21(7)28-30(24)36-14-34-28;;;;;/h22H,10-14H2,1-7H3;;;;;/q-2;;;;;.